The van der Waals surface area contributed by atoms with Crippen molar-refractivity contribution in [2.24, 2.45) is 0 Å². The zero-order chi connectivity index (χ0) is 45.3. The number of fused-ring (bicyclic) bond motifs is 2. The van der Waals surface area contributed by atoms with Crippen LogP contribution in [0.4, 0.5) is 9.59 Å². The van der Waals surface area contributed by atoms with E-state index in [4.69, 9.17) is 5.11 Å². The van der Waals surface area contributed by atoms with E-state index in [0.29, 0.717) is 74.6 Å². The van der Waals surface area contributed by atoms with Crippen molar-refractivity contribution in [2.45, 2.75) is 190 Å². The van der Waals surface area contributed by atoms with Crippen molar-refractivity contribution in [3.8, 4) is 0 Å². The highest BCUT2D eigenvalue weighted by Crippen LogP contribution is 2.35. The van der Waals surface area contributed by atoms with Gasteiger partial charge in [-0.1, -0.05) is 25.7 Å². The van der Waals surface area contributed by atoms with E-state index in [1.54, 1.807) is 4.90 Å². The summed E-state index contributed by atoms with van der Waals surface area (Å²) in [5.41, 5.74) is 0. The molecule has 2 aliphatic carbocycles. The summed E-state index contributed by atoms with van der Waals surface area (Å²) in [6.07, 6.45) is 22.4. The van der Waals surface area contributed by atoms with E-state index in [1.165, 1.54) is 90.4 Å². The first-order valence-electron chi connectivity index (χ1n) is 26.0. The number of nitrogens with one attached hydrogen (secondary N) is 3. The van der Waals surface area contributed by atoms with Crippen LogP contribution < -0.4 is 16.0 Å². The SMILES string of the molecule is O=C(O)CCN1CCCC1=O.O=C1CCCN1CCC(=O)N1CCC(N2CCC(N3C(=O)N[C@@H]4CCCC[C@H]43)CC2)CC1.O=C1N[C@@H]2CCCC[C@H]2N1C1CCN(C2CCNCC2)CC1. The molecule has 8 saturated heterocycles. The Morgan fingerprint density at radius 1 is 0.492 bits per heavy atom. The first-order valence-corrected chi connectivity index (χ1v) is 26.0. The molecule has 8 aliphatic heterocycles. The number of rotatable bonds is 10. The Balaban J connectivity index is 0.000000150. The van der Waals surface area contributed by atoms with Crippen molar-refractivity contribution in [3.63, 3.8) is 0 Å². The van der Waals surface area contributed by atoms with Crippen molar-refractivity contribution in [1.29, 1.82) is 0 Å². The zero-order valence-corrected chi connectivity index (χ0v) is 39.2. The van der Waals surface area contributed by atoms with E-state index >= 15 is 0 Å². The molecule has 2 saturated carbocycles. The second kappa shape index (κ2) is 22.9. The number of aliphatic carboxylic acids is 1. The van der Waals surface area contributed by atoms with Crippen molar-refractivity contribution in [3.05, 3.63) is 0 Å². The molecular weight excluding hydrogens is 829 g/mol. The van der Waals surface area contributed by atoms with Crippen molar-refractivity contribution >= 4 is 35.8 Å². The number of carboxylic acids is 1. The van der Waals surface area contributed by atoms with Crippen LogP contribution in [0.25, 0.3) is 0 Å². The molecular formula is C48H80N10O7. The summed E-state index contributed by atoms with van der Waals surface area (Å²) in [5, 5.41) is 18.3. The molecule has 10 fully saturated rings. The highest BCUT2D eigenvalue weighted by Gasteiger charge is 2.46. The van der Waals surface area contributed by atoms with Crippen LogP contribution in [0, 0.1) is 0 Å². The van der Waals surface area contributed by atoms with Crippen LogP contribution in [-0.2, 0) is 19.2 Å². The third kappa shape index (κ3) is 12.1. The Kier molecular flexibility index (Phi) is 16.8. The minimum atomic E-state index is -0.843. The highest BCUT2D eigenvalue weighted by molar-refractivity contribution is 5.81. The molecule has 0 aromatic heterocycles. The van der Waals surface area contributed by atoms with Crippen LogP contribution in [-0.4, -0.2) is 202 Å². The van der Waals surface area contributed by atoms with Gasteiger partial charge in [0.25, 0.3) is 0 Å². The summed E-state index contributed by atoms with van der Waals surface area (Å²) in [7, 11) is 0. The van der Waals surface area contributed by atoms with Crippen LogP contribution in [0.1, 0.15) is 141 Å². The number of likely N-dealkylation sites (tertiary alicyclic amines) is 5. The summed E-state index contributed by atoms with van der Waals surface area (Å²) in [4.78, 5) is 85.6. The first kappa shape index (κ1) is 47.8. The summed E-state index contributed by atoms with van der Waals surface area (Å²) in [6, 6.07) is 4.28. The standard InChI is InChI=1S/C24H39N5O3.C17H30N4O.C7H11NO3/c30-22-6-3-12-27(22)17-11-23(31)28-15-7-18(8-16-28)26-13-9-19(10-14-26)29-21-5-2-1-4-20(21)25-24(29)32;22-17-19-15-3-1-2-4-16(15)21(17)14-7-11-20(12-8-14)13-5-9-18-10-6-13;9-6-2-1-4-8(6)5-3-7(10)11/h18-21H,1-17H2,(H,25,32);13-16,18H,1-12H2,(H,19,22);1-5H2,(H,10,11)/t20-,21-;15-,16-;/m11./s1. The Bertz CT molecular complexity index is 1640. The zero-order valence-electron chi connectivity index (χ0n) is 39.2. The summed E-state index contributed by atoms with van der Waals surface area (Å²) < 4.78 is 0. The molecule has 0 bridgehead atoms. The van der Waals surface area contributed by atoms with Gasteiger partial charge in [0, 0.05) is 109 Å². The molecule has 0 radical (unpaired) electrons. The number of amides is 7. The number of hydrogen-bond acceptors (Lipinski definition) is 9. The van der Waals surface area contributed by atoms with Crippen molar-refractivity contribution in [1.82, 2.24) is 50.2 Å². The van der Waals surface area contributed by atoms with Crippen LogP contribution in [0.15, 0.2) is 0 Å². The molecule has 7 amide bonds. The molecule has 17 heteroatoms. The fourth-order valence-electron chi connectivity index (χ4n) is 13.1. The highest BCUT2D eigenvalue weighted by atomic mass is 16.4. The van der Waals surface area contributed by atoms with Gasteiger partial charge in [0.1, 0.15) is 0 Å². The Labute approximate surface area is 387 Å². The molecule has 65 heavy (non-hydrogen) atoms. The fourth-order valence-corrected chi connectivity index (χ4v) is 13.1. The van der Waals surface area contributed by atoms with Gasteiger partial charge in [0.2, 0.25) is 17.7 Å². The molecule has 4 N–H and O–H groups in total. The third-order valence-electron chi connectivity index (χ3n) is 16.7. The average molecular weight is 909 g/mol. The Hall–Kier alpha value is -3.70. The van der Waals surface area contributed by atoms with E-state index < -0.39 is 5.97 Å². The average Bonchev–Trinajstić information content (AvgIpc) is 4.12. The minimum absolute atomic E-state index is 0.0612. The van der Waals surface area contributed by atoms with Gasteiger partial charge < -0.3 is 55.4 Å². The normalized spacial score (nSPS) is 30.1. The lowest BCUT2D eigenvalue weighted by molar-refractivity contribution is -0.138. The molecule has 0 spiro atoms. The number of carbonyl (C=O) groups excluding carboxylic acids is 5. The lowest BCUT2D eigenvalue weighted by Crippen LogP contribution is -2.53. The number of urea groups is 2. The van der Waals surface area contributed by atoms with Gasteiger partial charge in [-0.15, -0.1) is 0 Å². The number of carboxylic acid groups (broad SMARTS) is 1. The van der Waals surface area contributed by atoms with Crippen molar-refractivity contribution in [2.75, 3.05) is 78.5 Å². The van der Waals surface area contributed by atoms with Crippen LogP contribution in [0.5, 0.6) is 0 Å². The lowest BCUT2D eigenvalue weighted by Gasteiger charge is -2.44. The molecule has 8 heterocycles. The van der Waals surface area contributed by atoms with E-state index in [2.05, 4.69) is 35.6 Å². The molecule has 10 aliphatic rings. The topological polar surface area (TPSA) is 181 Å². The maximum Gasteiger partial charge on any atom is 0.318 e. The molecule has 17 nitrogen and oxygen atoms in total. The van der Waals surface area contributed by atoms with E-state index in [-0.39, 0.29) is 36.2 Å². The lowest BCUT2D eigenvalue weighted by atomic mass is 9.89. The predicted molar refractivity (Wildman–Crippen MR) is 246 cm³/mol. The summed E-state index contributed by atoms with van der Waals surface area (Å²) in [6.45, 7) is 11.0. The van der Waals surface area contributed by atoms with Crippen molar-refractivity contribution < 1.29 is 33.9 Å². The van der Waals surface area contributed by atoms with Gasteiger partial charge in [-0.25, -0.2) is 9.59 Å². The number of hydrogen-bond donors (Lipinski definition) is 4. The van der Waals surface area contributed by atoms with Gasteiger partial charge in [0.15, 0.2) is 0 Å². The van der Waals surface area contributed by atoms with Gasteiger partial charge in [-0.3, -0.25) is 19.2 Å². The first-order chi connectivity index (χ1) is 31.6. The predicted octanol–water partition coefficient (Wildman–Crippen LogP) is 3.41. The Morgan fingerprint density at radius 2 is 0.923 bits per heavy atom. The maximum atomic E-state index is 12.6. The van der Waals surface area contributed by atoms with Gasteiger partial charge in [0.05, 0.1) is 30.6 Å². The molecule has 364 valence electrons. The number of carbonyl (C=O) groups is 6. The van der Waals surface area contributed by atoms with Crippen LogP contribution in [0.3, 0.4) is 0 Å². The summed E-state index contributed by atoms with van der Waals surface area (Å²) in [5.74, 6) is -0.356. The second-order valence-corrected chi connectivity index (χ2v) is 20.6. The largest absolute Gasteiger partial charge is 0.481 e. The van der Waals surface area contributed by atoms with Crippen LogP contribution in [0.2, 0.25) is 0 Å². The smallest absolute Gasteiger partial charge is 0.318 e. The second-order valence-electron chi connectivity index (χ2n) is 20.6. The maximum absolute atomic E-state index is 12.6. The molecule has 10 rings (SSSR count). The van der Waals surface area contributed by atoms with Crippen LogP contribution >= 0.6 is 0 Å². The monoisotopic (exact) mass is 909 g/mol. The molecule has 0 aromatic carbocycles. The van der Waals surface area contributed by atoms with E-state index in [9.17, 15) is 28.8 Å². The van der Waals surface area contributed by atoms with Gasteiger partial charge >= 0.3 is 18.0 Å². The fraction of sp³-hybridized carbons (Fsp3) is 0.875. The number of piperidine rings is 4. The van der Waals surface area contributed by atoms with Gasteiger partial charge in [-0.05, 0) is 103 Å². The van der Waals surface area contributed by atoms with E-state index in [0.717, 1.165) is 96.7 Å². The Morgan fingerprint density at radius 3 is 1.37 bits per heavy atom. The number of nitrogens with zero attached hydrogens (tertiary/aromatic N) is 7. The molecule has 4 atom stereocenters. The van der Waals surface area contributed by atoms with Gasteiger partial charge in [-0.2, -0.15) is 0 Å². The van der Waals surface area contributed by atoms with E-state index in [1.807, 2.05) is 9.80 Å². The molecule has 0 aromatic rings. The quantitative estimate of drug-likeness (QED) is 0.254. The third-order valence-corrected chi connectivity index (χ3v) is 16.7. The summed E-state index contributed by atoms with van der Waals surface area (Å²) >= 11 is 0. The molecule has 0 unspecified atom stereocenters. The minimum Gasteiger partial charge on any atom is -0.481 e.